The number of carbonyl (C=O) groups excluding carboxylic acids is 3. The second-order valence-corrected chi connectivity index (χ2v) is 7.65. The van der Waals surface area contributed by atoms with Crippen molar-refractivity contribution >= 4 is 34.1 Å². The summed E-state index contributed by atoms with van der Waals surface area (Å²) in [5.41, 5.74) is 1.75. The molecule has 1 heterocycles. The fourth-order valence-electron chi connectivity index (χ4n) is 3.05. The van der Waals surface area contributed by atoms with E-state index in [2.05, 4.69) is 5.32 Å². The van der Waals surface area contributed by atoms with E-state index < -0.39 is 5.97 Å². The zero-order valence-electron chi connectivity index (χ0n) is 18.0. The van der Waals surface area contributed by atoms with Crippen LogP contribution in [0.2, 0.25) is 0 Å². The maximum atomic E-state index is 12.8. The predicted octanol–water partition coefficient (Wildman–Crippen LogP) is 3.91. The van der Waals surface area contributed by atoms with Crippen LogP contribution >= 0.6 is 11.3 Å². The summed E-state index contributed by atoms with van der Waals surface area (Å²) in [6.07, 6.45) is 0.780. The molecule has 1 aromatic heterocycles. The van der Waals surface area contributed by atoms with Crippen LogP contribution in [0.4, 0.5) is 5.00 Å². The van der Waals surface area contributed by atoms with E-state index in [1.165, 1.54) is 7.11 Å². The number of carbonyl (C=O) groups is 3. The number of ether oxygens (including phenoxy) is 2. The summed E-state index contributed by atoms with van der Waals surface area (Å²) in [4.78, 5) is 39.8. The van der Waals surface area contributed by atoms with Gasteiger partial charge in [-0.15, -0.1) is 11.3 Å². The number of amides is 2. The van der Waals surface area contributed by atoms with Gasteiger partial charge >= 0.3 is 5.97 Å². The quantitative estimate of drug-likeness (QED) is 0.608. The summed E-state index contributed by atoms with van der Waals surface area (Å²) in [7, 11) is 2.88. The average molecular weight is 433 g/mol. The Balaban J connectivity index is 2.19. The molecule has 2 amide bonds. The number of thiophene rings is 1. The number of benzene rings is 1. The number of methoxy groups -OCH3 is 2. The number of hydrogen-bond donors (Lipinski definition) is 1. The van der Waals surface area contributed by atoms with Gasteiger partial charge in [0.25, 0.3) is 5.91 Å². The Hall–Kier alpha value is -2.87. The minimum Gasteiger partial charge on any atom is -0.497 e. The van der Waals surface area contributed by atoms with Crippen LogP contribution in [0.25, 0.3) is 0 Å². The topological polar surface area (TPSA) is 84.9 Å². The maximum absolute atomic E-state index is 12.8. The molecule has 0 saturated carbocycles. The first-order valence-electron chi connectivity index (χ1n) is 9.79. The molecule has 0 fully saturated rings. The average Bonchev–Trinajstić information content (AvgIpc) is 3.08. The van der Waals surface area contributed by atoms with Crippen molar-refractivity contribution in [2.75, 3.05) is 32.6 Å². The van der Waals surface area contributed by atoms with Gasteiger partial charge in [0.15, 0.2) is 0 Å². The molecular weight excluding hydrogens is 404 g/mol. The van der Waals surface area contributed by atoms with Crippen LogP contribution in [0.5, 0.6) is 5.75 Å². The van der Waals surface area contributed by atoms with Gasteiger partial charge in [-0.3, -0.25) is 9.59 Å². The molecule has 2 rings (SSSR count). The normalized spacial score (nSPS) is 10.4. The van der Waals surface area contributed by atoms with Gasteiger partial charge in [-0.25, -0.2) is 4.79 Å². The Morgan fingerprint density at radius 3 is 2.23 bits per heavy atom. The highest BCUT2D eigenvalue weighted by Gasteiger charge is 2.27. The summed E-state index contributed by atoms with van der Waals surface area (Å²) < 4.78 is 10.0. The van der Waals surface area contributed by atoms with Gasteiger partial charge in [-0.1, -0.05) is 12.1 Å². The second-order valence-electron chi connectivity index (χ2n) is 6.63. The summed E-state index contributed by atoms with van der Waals surface area (Å²) in [6.45, 7) is 6.61. The number of hydrogen-bond acceptors (Lipinski definition) is 6. The summed E-state index contributed by atoms with van der Waals surface area (Å²) >= 11 is 1.11. The van der Waals surface area contributed by atoms with Gasteiger partial charge in [0, 0.05) is 19.5 Å². The van der Waals surface area contributed by atoms with E-state index in [-0.39, 0.29) is 23.8 Å². The van der Waals surface area contributed by atoms with Crippen molar-refractivity contribution in [1.82, 2.24) is 4.90 Å². The van der Waals surface area contributed by atoms with Crippen LogP contribution in [0.1, 0.15) is 51.4 Å². The van der Waals surface area contributed by atoms with E-state index >= 15 is 0 Å². The molecule has 0 bridgehead atoms. The van der Waals surface area contributed by atoms with Gasteiger partial charge < -0.3 is 19.7 Å². The molecule has 0 radical (unpaired) electrons. The Bertz CT molecular complexity index is 901. The van der Waals surface area contributed by atoms with Crippen molar-refractivity contribution in [2.24, 2.45) is 0 Å². The predicted molar refractivity (Wildman–Crippen MR) is 118 cm³/mol. The maximum Gasteiger partial charge on any atom is 0.341 e. The lowest BCUT2D eigenvalue weighted by Gasteiger charge is -2.17. The van der Waals surface area contributed by atoms with Gasteiger partial charge in [0.1, 0.15) is 10.8 Å². The van der Waals surface area contributed by atoms with Gasteiger partial charge in [0.2, 0.25) is 5.91 Å². The Labute approximate surface area is 181 Å². The van der Waals surface area contributed by atoms with E-state index in [9.17, 15) is 14.4 Å². The van der Waals surface area contributed by atoms with Gasteiger partial charge in [-0.05, 0) is 50.5 Å². The van der Waals surface area contributed by atoms with E-state index in [1.807, 2.05) is 38.1 Å². The van der Waals surface area contributed by atoms with Crippen LogP contribution in [0.15, 0.2) is 24.3 Å². The summed E-state index contributed by atoms with van der Waals surface area (Å²) in [6, 6.07) is 7.50. The molecule has 0 saturated heterocycles. The van der Waals surface area contributed by atoms with E-state index in [1.54, 1.807) is 18.9 Å². The van der Waals surface area contributed by atoms with Crippen LogP contribution < -0.4 is 10.1 Å². The molecule has 7 nitrogen and oxygen atoms in total. The molecule has 162 valence electrons. The number of esters is 1. The molecule has 0 aliphatic carbocycles. The number of anilines is 1. The molecule has 30 heavy (non-hydrogen) atoms. The lowest BCUT2D eigenvalue weighted by Crippen LogP contribution is -2.30. The molecule has 1 aromatic carbocycles. The zero-order valence-corrected chi connectivity index (χ0v) is 18.9. The lowest BCUT2D eigenvalue weighted by molar-refractivity contribution is -0.116. The standard InChI is InChI=1S/C22H28N2O5S/c1-6-24(7-2)21(26)19-14(3)18(22(27)29-5)20(30-19)23-17(25)13-10-15-8-11-16(28-4)12-9-15/h8-9,11-12H,6-7,10,13H2,1-5H3,(H,23,25). The summed E-state index contributed by atoms with van der Waals surface area (Å²) in [5, 5.41) is 3.14. The third-order valence-electron chi connectivity index (χ3n) is 4.83. The minimum atomic E-state index is -0.576. The molecule has 0 atom stereocenters. The zero-order chi connectivity index (χ0) is 22.3. The first-order chi connectivity index (χ1) is 14.4. The first kappa shape index (κ1) is 23.4. The first-order valence-corrected chi connectivity index (χ1v) is 10.6. The van der Waals surface area contributed by atoms with E-state index in [0.29, 0.717) is 35.0 Å². The summed E-state index contributed by atoms with van der Waals surface area (Å²) in [5.74, 6) is -0.219. The Morgan fingerprint density at radius 1 is 1.07 bits per heavy atom. The van der Waals surface area contributed by atoms with Crippen molar-refractivity contribution < 1.29 is 23.9 Å². The van der Waals surface area contributed by atoms with Crippen LogP contribution in [-0.2, 0) is 16.0 Å². The van der Waals surface area contributed by atoms with Crippen molar-refractivity contribution in [3.8, 4) is 5.75 Å². The van der Waals surface area contributed by atoms with Crippen molar-refractivity contribution in [3.05, 3.63) is 45.8 Å². The fraction of sp³-hybridized carbons (Fsp3) is 0.409. The van der Waals surface area contributed by atoms with Crippen molar-refractivity contribution in [2.45, 2.75) is 33.6 Å². The lowest BCUT2D eigenvalue weighted by atomic mass is 10.1. The molecule has 2 aromatic rings. The molecule has 8 heteroatoms. The number of rotatable bonds is 9. The highest BCUT2D eigenvalue weighted by atomic mass is 32.1. The smallest absolute Gasteiger partial charge is 0.341 e. The molecule has 0 unspecified atom stereocenters. The monoisotopic (exact) mass is 432 g/mol. The van der Waals surface area contributed by atoms with Crippen LogP contribution in [0, 0.1) is 6.92 Å². The third kappa shape index (κ3) is 5.38. The van der Waals surface area contributed by atoms with Crippen LogP contribution in [-0.4, -0.2) is 50.0 Å². The molecule has 0 aliphatic heterocycles. The van der Waals surface area contributed by atoms with Gasteiger partial charge in [-0.2, -0.15) is 0 Å². The molecular formula is C22H28N2O5S. The Morgan fingerprint density at radius 2 is 1.70 bits per heavy atom. The molecule has 0 aliphatic rings. The largest absolute Gasteiger partial charge is 0.497 e. The van der Waals surface area contributed by atoms with E-state index in [4.69, 9.17) is 9.47 Å². The SMILES string of the molecule is CCN(CC)C(=O)c1sc(NC(=O)CCc2ccc(OC)cc2)c(C(=O)OC)c1C. The second kappa shape index (κ2) is 10.8. The third-order valence-corrected chi connectivity index (χ3v) is 6.03. The van der Waals surface area contributed by atoms with E-state index in [0.717, 1.165) is 22.6 Å². The molecule has 0 spiro atoms. The molecule has 1 N–H and O–H groups in total. The highest BCUT2D eigenvalue weighted by Crippen LogP contribution is 2.34. The fourth-order valence-corrected chi connectivity index (χ4v) is 4.23. The highest BCUT2D eigenvalue weighted by molar-refractivity contribution is 7.18. The van der Waals surface area contributed by atoms with Crippen molar-refractivity contribution in [1.29, 1.82) is 0 Å². The van der Waals surface area contributed by atoms with Crippen molar-refractivity contribution in [3.63, 3.8) is 0 Å². The van der Waals surface area contributed by atoms with Gasteiger partial charge in [0.05, 0.1) is 24.7 Å². The number of nitrogens with zero attached hydrogens (tertiary/aromatic N) is 1. The Kier molecular flexibility index (Phi) is 8.41. The number of nitrogens with one attached hydrogen (secondary N) is 1. The number of aryl methyl sites for hydroxylation is 1. The van der Waals surface area contributed by atoms with Crippen LogP contribution in [0.3, 0.4) is 0 Å². The minimum absolute atomic E-state index is 0.161.